The van der Waals surface area contributed by atoms with Crippen LogP contribution in [0.4, 0.5) is 26.3 Å². The van der Waals surface area contributed by atoms with Crippen molar-refractivity contribution in [2.45, 2.75) is 43.7 Å². The van der Waals surface area contributed by atoms with Crippen LogP contribution in [0.3, 0.4) is 0 Å². The molecule has 2 aliphatic rings. The van der Waals surface area contributed by atoms with Gasteiger partial charge in [0.05, 0.1) is 17.7 Å². The average Bonchev–Trinajstić information content (AvgIpc) is 3.41. The number of hydrogen-bond donors (Lipinski definition) is 2. The number of halogens is 6. The van der Waals surface area contributed by atoms with Crippen molar-refractivity contribution in [2.75, 3.05) is 39.8 Å². The third-order valence-corrected chi connectivity index (χ3v) is 7.02. The smallest absolute Gasteiger partial charge is 0.355 e. The number of rotatable bonds is 7. The van der Waals surface area contributed by atoms with Gasteiger partial charge in [-0.25, -0.2) is 0 Å². The van der Waals surface area contributed by atoms with E-state index in [1.54, 1.807) is 0 Å². The van der Waals surface area contributed by atoms with Gasteiger partial charge in [-0.1, -0.05) is 30.3 Å². The molecule has 1 amide bonds. The number of amides is 1. The summed E-state index contributed by atoms with van der Waals surface area (Å²) in [6, 6.07) is 10.3. The highest BCUT2D eigenvalue weighted by molar-refractivity contribution is 5.83. The van der Waals surface area contributed by atoms with E-state index in [1.807, 2.05) is 30.3 Å². The molecule has 2 aliphatic heterocycles. The number of benzene rings is 2. The zero-order valence-corrected chi connectivity index (χ0v) is 21.4. The van der Waals surface area contributed by atoms with E-state index in [0.29, 0.717) is 25.2 Å². The molecule has 2 aromatic rings. The Balaban J connectivity index is 1.46. The number of hydrogen-bond acceptors (Lipinski definition) is 5. The Hall–Kier alpha value is -3.28. The topological polar surface area (TPSA) is 60.0 Å². The molecule has 4 rings (SSSR count). The normalized spacial score (nSPS) is 17.9. The first kappa shape index (κ1) is 28.7. The molecule has 212 valence electrons. The molecule has 0 aromatic heterocycles. The van der Waals surface area contributed by atoms with E-state index >= 15 is 0 Å². The van der Waals surface area contributed by atoms with Gasteiger partial charge in [-0.3, -0.25) is 14.7 Å². The zero-order chi connectivity index (χ0) is 28.2. The third-order valence-electron chi connectivity index (χ3n) is 7.02. The van der Waals surface area contributed by atoms with Gasteiger partial charge in [0.2, 0.25) is 5.91 Å². The van der Waals surface area contributed by atoms with Crippen LogP contribution in [-0.4, -0.2) is 67.5 Å². The highest BCUT2D eigenvalue weighted by atomic mass is 19.4. The largest absolute Gasteiger partial charge is 0.416 e. The average molecular weight is 556 g/mol. The quantitative estimate of drug-likeness (QED) is 0.495. The molecule has 0 spiro atoms. The summed E-state index contributed by atoms with van der Waals surface area (Å²) in [4.78, 5) is 21.5. The number of carbonyl (C=O) groups excluding carboxylic acids is 1. The second-order valence-electron chi connectivity index (χ2n) is 9.85. The molecular formula is C27H31F6N5O. The highest BCUT2D eigenvalue weighted by Gasteiger charge is 2.37. The maximum Gasteiger partial charge on any atom is 0.416 e. The fraction of sp³-hybridized carbons (Fsp3) is 0.481. The third kappa shape index (κ3) is 7.43. The van der Waals surface area contributed by atoms with Gasteiger partial charge in [0.15, 0.2) is 5.96 Å². The fourth-order valence-corrected chi connectivity index (χ4v) is 4.91. The highest BCUT2D eigenvalue weighted by Crippen LogP contribution is 2.36. The molecule has 12 heteroatoms. The molecule has 2 heterocycles. The lowest BCUT2D eigenvalue weighted by atomic mass is 9.98. The lowest BCUT2D eigenvalue weighted by Gasteiger charge is -2.38. The minimum Gasteiger partial charge on any atom is -0.355 e. The first-order valence-corrected chi connectivity index (χ1v) is 12.8. The standard InChI is InChI=1S/C27H31F6N5O/c1-37(12-7-18-15-20(26(28,29)30)17-21(16-18)27(31,32)33)24(39)23(19-5-3-2-4-6-19)38-13-8-22(9-14-38)36-25-34-10-11-35-25/h2-6,15-17,22-23H,7-14H2,1H3,(H2,34,35,36). The maximum atomic E-state index is 13.7. The molecule has 0 radical (unpaired) electrons. The van der Waals surface area contributed by atoms with Crippen molar-refractivity contribution < 1.29 is 31.1 Å². The summed E-state index contributed by atoms with van der Waals surface area (Å²) in [6.45, 7) is 2.76. The molecule has 39 heavy (non-hydrogen) atoms. The molecule has 2 aromatic carbocycles. The molecule has 1 fully saturated rings. The Morgan fingerprint density at radius 3 is 2.21 bits per heavy atom. The Morgan fingerprint density at radius 2 is 1.67 bits per heavy atom. The SMILES string of the molecule is CN(CCc1cc(C(F)(F)F)cc(C(F)(F)F)c1)C(=O)C(c1ccccc1)N1CCC(NC2=NCCN2)CC1. The molecule has 2 N–H and O–H groups in total. The van der Waals surface area contributed by atoms with Gasteiger partial charge in [-0.05, 0) is 48.6 Å². The summed E-state index contributed by atoms with van der Waals surface area (Å²) in [5.74, 6) is 0.518. The Morgan fingerprint density at radius 1 is 1.05 bits per heavy atom. The van der Waals surface area contributed by atoms with Crippen LogP contribution < -0.4 is 10.6 Å². The van der Waals surface area contributed by atoms with Gasteiger partial charge in [-0.15, -0.1) is 0 Å². The van der Waals surface area contributed by atoms with Gasteiger partial charge in [0.1, 0.15) is 6.04 Å². The number of piperidine rings is 1. The molecule has 1 saturated heterocycles. The van der Waals surface area contributed by atoms with Crippen LogP contribution in [0.5, 0.6) is 0 Å². The van der Waals surface area contributed by atoms with Crippen LogP contribution in [0.25, 0.3) is 0 Å². The maximum absolute atomic E-state index is 13.7. The number of likely N-dealkylation sites (N-methyl/N-ethyl adjacent to an activating group) is 1. The van der Waals surface area contributed by atoms with E-state index < -0.39 is 29.5 Å². The monoisotopic (exact) mass is 555 g/mol. The van der Waals surface area contributed by atoms with Crippen molar-refractivity contribution in [1.82, 2.24) is 20.4 Å². The number of nitrogens with zero attached hydrogens (tertiary/aromatic N) is 3. The van der Waals surface area contributed by atoms with Crippen molar-refractivity contribution in [3.05, 3.63) is 70.8 Å². The number of carbonyl (C=O) groups is 1. The summed E-state index contributed by atoms with van der Waals surface area (Å²) in [7, 11) is 1.52. The summed E-state index contributed by atoms with van der Waals surface area (Å²) in [5.41, 5.74) is -2.08. The van der Waals surface area contributed by atoms with Crippen molar-refractivity contribution in [3.8, 4) is 0 Å². The molecule has 0 bridgehead atoms. The molecule has 1 atom stereocenters. The summed E-state index contributed by atoms with van der Waals surface area (Å²) in [6.07, 6.45) is -8.43. The van der Waals surface area contributed by atoms with Crippen LogP contribution in [0, 0.1) is 0 Å². The zero-order valence-electron chi connectivity index (χ0n) is 21.4. The van der Waals surface area contributed by atoms with Crippen LogP contribution in [0.15, 0.2) is 53.5 Å². The lowest BCUT2D eigenvalue weighted by molar-refractivity contribution is -0.143. The van der Waals surface area contributed by atoms with Crippen LogP contribution in [0.2, 0.25) is 0 Å². The predicted octanol–water partition coefficient (Wildman–Crippen LogP) is 4.48. The van der Waals surface area contributed by atoms with E-state index in [-0.39, 0.29) is 36.5 Å². The number of alkyl halides is 6. The number of aliphatic imine (C=N–C) groups is 1. The van der Waals surface area contributed by atoms with Crippen molar-refractivity contribution in [2.24, 2.45) is 4.99 Å². The van der Waals surface area contributed by atoms with E-state index in [2.05, 4.69) is 20.5 Å². The van der Waals surface area contributed by atoms with Gasteiger partial charge < -0.3 is 15.5 Å². The fourth-order valence-electron chi connectivity index (χ4n) is 4.91. The van der Waals surface area contributed by atoms with E-state index in [1.165, 1.54) is 11.9 Å². The van der Waals surface area contributed by atoms with E-state index in [4.69, 9.17) is 0 Å². The lowest BCUT2D eigenvalue weighted by Crippen LogP contribution is -2.50. The van der Waals surface area contributed by atoms with Gasteiger partial charge in [-0.2, -0.15) is 26.3 Å². The van der Waals surface area contributed by atoms with E-state index in [0.717, 1.165) is 37.5 Å². The molecule has 0 aliphatic carbocycles. The van der Waals surface area contributed by atoms with Gasteiger partial charge in [0.25, 0.3) is 0 Å². The van der Waals surface area contributed by atoms with Gasteiger partial charge >= 0.3 is 12.4 Å². The summed E-state index contributed by atoms with van der Waals surface area (Å²) >= 11 is 0. The van der Waals surface area contributed by atoms with Gasteiger partial charge in [0, 0.05) is 39.3 Å². The second-order valence-corrected chi connectivity index (χ2v) is 9.85. The Bertz CT molecular complexity index is 1130. The molecule has 1 unspecified atom stereocenters. The minimum atomic E-state index is -4.92. The predicted molar refractivity (Wildman–Crippen MR) is 135 cm³/mol. The van der Waals surface area contributed by atoms with Crippen LogP contribution in [-0.2, 0) is 23.6 Å². The summed E-state index contributed by atoms with van der Waals surface area (Å²) < 4.78 is 79.5. The molecular weight excluding hydrogens is 524 g/mol. The van der Waals surface area contributed by atoms with Crippen molar-refractivity contribution in [1.29, 1.82) is 0 Å². The van der Waals surface area contributed by atoms with Crippen molar-refractivity contribution in [3.63, 3.8) is 0 Å². The van der Waals surface area contributed by atoms with Crippen LogP contribution >= 0.6 is 0 Å². The molecule has 6 nitrogen and oxygen atoms in total. The number of nitrogens with one attached hydrogen (secondary N) is 2. The summed E-state index contributed by atoms with van der Waals surface area (Å²) in [5, 5.41) is 6.58. The second kappa shape index (κ2) is 11.8. The Kier molecular flexibility index (Phi) is 8.73. The van der Waals surface area contributed by atoms with Crippen molar-refractivity contribution >= 4 is 11.9 Å². The van der Waals surface area contributed by atoms with E-state index in [9.17, 15) is 31.1 Å². The minimum absolute atomic E-state index is 0.0374. The first-order valence-electron chi connectivity index (χ1n) is 12.8. The Labute approximate surface area is 223 Å². The van der Waals surface area contributed by atoms with Crippen LogP contribution in [0.1, 0.15) is 41.1 Å². The molecule has 0 saturated carbocycles. The number of likely N-dealkylation sites (tertiary alicyclic amines) is 1. The first-order chi connectivity index (χ1) is 18.4. The number of guanidine groups is 1.